The van der Waals surface area contributed by atoms with Crippen LogP contribution in [0.3, 0.4) is 0 Å². The van der Waals surface area contributed by atoms with E-state index >= 15 is 0 Å². The molecule has 15 aromatic rings. The largest absolute Gasteiger partial charge is 0.308 e. The van der Waals surface area contributed by atoms with E-state index in [0.29, 0.717) is 0 Å². The predicted octanol–water partition coefficient (Wildman–Crippen LogP) is 17.2. The normalized spacial score (nSPS) is 12.2. The Morgan fingerprint density at radius 1 is 0.258 bits per heavy atom. The SMILES string of the molecule is c1ccc(N(c2ccccc2)c2cccc3c4cccc5c6c7c8c9ccccc9cc9c%10cc%11ccccc%11c(N(c%11ccccc%11)c%11ccccc%11)c%10n(c7ccc6n(c23)c45)c98)cc1. The lowest BCUT2D eigenvalue weighted by Gasteiger charge is -2.28. The van der Waals surface area contributed by atoms with E-state index in [4.69, 9.17) is 0 Å². The van der Waals surface area contributed by atoms with Crippen molar-refractivity contribution < 1.29 is 0 Å². The molecule has 0 aliphatic rings. The van der Waals surface area contributed by atoms with Crippen LogP contribution in [0.5, 0.6) is 0 Å². The third-order valence-electron chi connectivity index (χ3n) is 14.2. The highest BCUT2D eigenvalue weighted by Crippen LogP contribution is 2.53. The first-order valence-corrected chi connectivity index (χ1v) is 22.8. The van der Waals surface area contributed by atoms with Crippen molar-refractivity contribution in [2.75, 3.05) is 9.80 Å². The Balaban J connectivity index is 1.15. The van der Waals surface area contributed by atoms with Gasteiger partial charge in [-0.15, -0.1) is 0 Å². The summed E-state index contributed by atoms with van der Waals surface area (Å²) in [4.78, 5) is 4.89. The zero-order valence-corrected chi connectivity index (χ0v) is 35.7. The molecule has 0 amide bonds. The number of hydrogen-bond acceptors (Lipinski definition) is 2. The van der Waals surface area contributed by atoms with Crippen molar-refractivity contribution in [3.05, 3.63) is 231 Å². The van der Waals surface area contributed by atoms with Crippen LogP contribution in [-0.2, 0) is 0 Å². The summed E-state index contributed by atoms with van der Waals surface area (Å²) in [5, 5.41) is 15.1. The highest BCUT2D eigenvalue weighted by Gasteiger charge is 2.30. The number of aromatic nitrogens is 2. The fraction of sp³-hybridized carbons (Fsp3) is 0. The maximum atomic E-state index is 2.62. The van der Waals surface area contributed by atoms with Gasteiger partial charge in [-0.1, -0.05) is 152 Å². The van der Waals surface area contributed by atoms with E-state index in [1.165, 1.54) is 103 Å². The summed E-state index contributed by atoms with van der Waals surface area (Å²) in [5.41, 5.74) is 14.1. The molecule has 0 N–H and O–H groups in total. The maximum Gasteiger partial charge on any atom is 0.0789 e. The van der Waals surface area contributed by atoms with Crippen molar-refractivity contribution in [2.45, 2.75) is 0 Å². The highest BCUT2D eigenvalue weighted by molar-refractivity contribution is 6.41. The van der Waals surface area contributed by atoms with Gasteiger partial charge in [0.1, 0.15) is 0 Å². The molecule has 0 unspecified atom stereocenters. The lowest BCUT2D eigenvalue weighted by molar-refractivity contribution is 1.27. The van der Waals surface area contributed by atoms with Crippen LogP contribution in [-0.4, -0.2) is 8.80 Å². The Morgan fingerprint density at radius 3 is 1.32 bits per heavy atom. The molecule has 0 spiro atoms. The molecule has 0 saturated heterocycles. The molecule has 4 nitrogen and oxygen atoms in total. The van der Waals surface area contributed by atoms with Crippen molar-refractivity contribution in [2.24, 2.45) is 0 Å². The topological polar surface area (TPSA) is 15.3 Å². The minimum Gasteiger partial charge on any atom is -0.308 e. The van der Waals surface area contributed by atoms with E-state index < -0.39 is 0 Å². The molecule has 0 bridgehead atoms. The fourth-order valence-corrected chi connectivity index (χ4v) is 11.7. The summed E-state index contributed by atoms with van der Waals surface area (Å²) in [6.45, 7) is 0. The van der Waals surface area contributed by atoms with Gasteiger partial charge in [0.25, 0.3) is 0 Å². The molecule has 15 rings (SSSR count). The summed E-state index contributed by atoms with van der Waals surface area (Å²) in [6.07, 6.45) is 0. The van der Waals surface area contributed by atoms with E-state index in [9.17, 15) is 0 Å². The van der Waals surface area contributed by atoms with Crippen LogP contribution < -0.4 is 9.80 Å². The Labute approximate surface area is 379 Å². The van der Waals surface area contributed by atoms with Gasteiger partial charge in [-0.05, 0) is 95.0 Å². The molecule has 11 aromatic carbocycles. The van der Waals surface area contributed by atoms with Crippen molar-refractivity contribution in [1.82, 2.24) is 8.80 Å². The number of anilines is 6. The summed E-state index contributed by atoms with van der Waals surface area (Å²) in [5.74, 6) is 0. The number of fused-ring (bicyclic) bond motifs is 16. The minimum atomic E-state index is 1.12. The van der Waals surface area contributed by atoms with Crippen LogP contribution in [0.25, 0.3) is 97.7 Å². The molecule has 0 saturated carbocycles. The van der Waals surface area contributed by atoms with Gasteiger partial charge in [0.05, 0.1) is 44.5 Å². The average Bonchev–Trinajstić information content (AvgIpc) is 4.11. The molecule has 66 heavy (non-hydrogen) atoms. The quantitative estimate of drug-likeness (QED) is 0.166. The lowest BCUT2D eigenvalue weighted by atomic mass is 9.96. The van der Waals surface area contributed by atoms with E-state index in [-0.39, 0.29) is 0 Å². The van der Waals surface area contributed by atoms with Crippen LogP contribution >= 0.6 is 0 Å². The molecular weight excluding hydrogens is 801 g/mol. The molecule has 0 radical (unpaired) electrons. The second kappa shape index (κ2) is 13.3. The number of benzene rings is 11. The smallest absolute Gasteiger partial charge is 0.0789 e. The Bertz CT molecular complexity index is 4300. The molecule has 0 aliphatic heterocycles. The molecule has 4 heteroatoms. The maximum absolute atomic E-state index is 2.62. The Hall–Kier alpha value is -8.86. The van der Waals surface area contributed by atoms with Crippen molar-refractivity contribution in [1.29, 1.82) is 0 Å². The third-order valence-corrected chi connectivity index (χ3v) is 14.2. The van der Waals surface area contributed by atoms with Crippen molar-refractivity contribution in [3.8, 4) is 0 Å². The van der Waals surface area contributed by atoms with Crippen LogP contribution in [0.4, 0.5) is 34.1 Å². The first-order chi connectivity index (χ1) is 32.8. The van der Waals surface area contributed by atoms with E-state index in [2.05, 4.69) is 249 Å². The number of hydrogen-bond donors (Lipinski definition) is 0. The molecule has 4 heterocycles. The molecule has 306 valence electrons. The summed E-state index contributed by atoms with van der Waals surface area (Å²) in [7, 11) is 0. The minimum absolute atomic E-state index is 1.12. The van der Waals surface area contributed by atoms with Crippen LogP contribution in [0.1, 0.15) is 0 Å². The molecule has 0 atom stereocenters. The second-order valence-corrected chi connectivity index (χ2v) is 17.6. The second-order valence-electron chi connectivity index (χ2n) is 17.6. The van der Waals surface area contributed by atoms with Crippen molar-refractivity contribution >= 4 is 132 Å². The van der Waals surface area contributed by atoms with Crippen LogP contribution in [0, 0.1) is 0 Å². The first kappa shape index (κ1) is 35.6. The van der Waals surface area contributed by atoms with Gasteiger partial charge in [0.2, 0.25) is 0 Å². The monoisotopic (exact) mass is 838 g/mol. The Morgan fingerprint density at radius 2 is 0.697 bits per heavy atom. The first-order valence-electron chi connectivity index (χ1n) is 22.8. The van der Waals surface area contributed by atoms with Gasteiger partial charge in [0.15, 0.2) is 0 Å². The number of rotatable bonds is 6. The van der Waals surface area contributed by atoms with Crippen LogP contribution in [0.15, 0.2) is 231 Å². The van der Waals surface area contributed by atoms with Gasteiger partial charge in [0, 0.05) is 71.2 Å². The van der Waals surface area contributed by atoms with Gasteiger partial charge >= 0.3 is 0 Å². The summed E-state index contributed by atoms with van der Waals surface area (Å²) in [6, 6.07) is 84.7. The van der Waals surface area contributed by atoms with E-state index in [1.54, 1.807) is 0 Å². The third kappa shape index (κ3) is 4.66. The van der Waals surface area contributed by atoms with Crippen molar-refractivity contribution in [3.63, 3.8) is 0 Å². The van der Waals surface area contributed by atoms with Crippen LogP contribution in [0.2, 0.25) is 0 Å². The fourth-order valence-electron chi connectivity index (χ4n) is 11.7. The molecule has 4 aromatic heterocycles. The number of para-hydroxylation sites is 6. The predicted molar refractivity (Wildman–Crippen MR) is 280 cm³/mol. The van der Waals surface area contributed by atoms with Gasteiger partial charge in [-0.2, -0.15) is 0 Å². The lowest BCUT2D eigenvalue weighted by Crippen LogP contribution is -2.11. The standard InChI is InChI=1S/C62H38N4/c1-5-21-41(22-6-1)63(42-23-7-2-8-24-42)54-34-18-32-48-47-31-17-33-49-55-52(65(58(47)49)59(48)54)35-36-53-57(55)56-45-29-15-13-19-39(45)37-50-51-38-40-20-14-16-30-46(40)61(62(51)66(53)60(50)56)64(43-25-9-3-10-26-43)44-27-11-4-12-28-44/h1-38H. The summed E-state index contributed by atoms with van der Waals surface area (Å²) < 4.78 is 5.19. The molecule has 0 fully saturated rings. The Kier molecular flexibility index (Phi) is 7.19. The van der Waals surface area contributed by atoms with Gasteiger partial charge in [-0.25, -0.2) is 0 Å². The van der Waals surface area contributed by atoms with E-state index in [1.807, 2.05) is 0 Å². The van der Waals surface area contributed by atoms with E-state index in [0.717, 1.165) is 28.4 Å². The summed E-state index contributed by atoms with van der Waals surface area (Å²) >= 11 is 0. The molecule has 0 aliphatic carbocycles. The highest BCUT2D eigenvalue weighted by atomic mass is 15.2. The van der Waals surface area contributed by atoms with Gasteiger partial charge in [-0.3, -0.25) is 0 Å². The average molecular weight is 839 g/mol. The van der Waals surface area contributed by atoms with Gasteiger partial charge < -0.3 is 18.6 Å². The zero-order chi connectivity index (χ0) is 43.0. The molecular formula is C62H38N4. The zero-order valence-electron chi connectivity index (χ0n) is 35.7. The number of nitrogens with zero attached hydrogens (tertiary/aromatic N) is 4.